The van der Waals surface area contributed by atoms with Gasteiger partial charge >= 0.3 is 230 Å². The van der Waals surface area contributed by atoms with E-state index >= 15 is 0 Å². The van der Waals surface area contributed by atoms with Crippen LogP contribution in [-0.4, -0.2) is 98.8 Å². The standard InChI is InChI=1S/C25H45I2N4O4/c1-25(2,35)23(33)28-20-11-7-19(8-12-20)27(4)17-22(32)30-13-15-31(16-14-30)24(34)29-21-9-5-18(26-3)6-10-21/h18-21,35H,5-17H2,1-4H3,(H,28,33)(H,29,34)/q-1. The van der Waals surface area contributed by atoms with Crippen LogP contribution >= 0.6 is 19.8 Å². The molecule has 8 nitrogen and oxygen atoms in total. The summed E-state index contributed by atoms with van der Waals surface area (Å²) in [5.74, 6) is -0.0442. The van der Waals surface area contributed by atoms with Gasteiger partial charge in [0.25, 0.3) is 0 Å². The molecule has 35 heavy (non-hydrogen) atoms. The fraction of sp³-hybridized carbons (Fsp3) is 0.880. The molecule has 0 spiro atoms. The number of aliphatic hydroxyl groups is 1. The Morgan fingerprint density at radius 1 is 0.886 bits per heavy atom. The number of nitrogens with one attached hydrogen (secondary N) is 2. The summed E-state index contributed by atoms with van der Waals surface area (Å²) in [6.07, 6.45) is 8.71. The minimum absolute atomic E-state index is 0.0455. The first kappa shape index (κ1) is 29.2. The summed E-state index contributed by atoms with van der Waals surface area (Å²) < 4.78 is 2.26. The van der Waals surface area contributed by atoms with E-state index in [2.05, 4.69) is 20.5 Å². The van der Waals surface area contributed by atoms with Gasteiger partial charge in [-0.1, -0.05) is 0 Å². The SMILES string of the molecule is C[I-]C1CCC(NC(=O)N2CCN(C(=O)CI(C)C3CCC(NC(=O)C(C)(C)O)CC3)CC2)CC1. The number of hydrogen-bond acceptors (Lipinski definition) is 4. The van der Waals surface area contributed by atoms with Crippen molar-refractivity contribution in [2.75, 3.05) is 40.5 Å². The molecule has 3 aliphatic rings. The van der Waals surface area contributed by atoms with Crippen molar-refractivity contribution in [1.82, 2.24) is 20.4 Å². The van der Waals surface area contributed by atoms with E-state index in [4.69, 9.17) is 0 Å². The molecule has 1 aliphatic heterocycles. The first-order chi connectivity index (χ1) is 16.6. The summed E-state index contributed by atoms with van der Waals surface area (Å²) in [6.45, 7) is 5.55. The van der Waals surface area contributed by atoms with Gasteiger partial charge in [-0.3, -0.25) is 0 Å². The molecule has 0 aromatic carbocycles. The summed E-state index contributed by atoms with van der Waals surface area (Å²) in [4.78, 5) is 46.3. The number of nitrogens with zero attached hydrogens (tertiary/aromatic N) is 2. The van der Waals surface area contributed by atoms with Crippen LogP contribution in [0.5, 0.6) is 0 Å². The number of urea groups is 1. The van der Waals surface area contributed by atoms with Crippen molar-refractivity contribution in [2.24, 2.45) is 0 Å². The molecule has 2 saturated carbocycles. The van der Waals surface area contributed by atoms with Crippen molar-refractivity contribution in [2.45, 2.75) is 90.7 Å². The zero-order valence-corrected chi connectivity index (χ0v) is 26.1. The van der Waals surface area contributed by atoms with Gasteiger partial charge in [-0.05, 0) is 0 Å². The number of carbonyl (C=O) groups is 3. The normalized spacial score (nSPS) is 28.4. The maximum absolute atomic E-state index is 13.0. The second-order valence-electron chi connectivity index (χ2n) is 10.7. The van der Waals surface area contributed by atoms with E-state index in [1.807, 2.05) is 9.80 Å². The molecule has 3 rings (SSSR count). The van der Waals surface area contributed by atoms with Gasteiger partial charge in [-0.15, -0.1) is 0 Å². The summed E-state index contributed by atoms with van der Waals surface area (Å²) >= 11 is -1.10. The number of carbonyl (C=O) groups excluding carboxylic acids is 3. The molecule has 0 aromatic rings. The quantitative estimate of drug-likeness (QED) is 0.237. The molecule has 10 heteroatoms. The van der Waals surface area contributed by atoms with Gasteiger partial charge in [0, 0.05) is 0 Å². The third kappa shape index (κ3) is 8.86. The Morgan fingerprint density at radius 2 is 1.40 bits per heavy atom. The van der Waals surface area contributed by atoms with Gasteiger partial charge in [-0.2, -0.15) is 0 Å². The van der Waals surface area contributed by atoms with E-state index in [1.54, 1.807) is 0 Å². The van der Waals surface area contributed by atoms with Gasteiger partial charge in [0.1, 0.15) is 0 Å². The number of halogens is 2. The van der Waals surface area contributed by atoms with Crippen LogP contribution in [0.15, 0.2) is 0 Å². The maximum atomic E-state index is 13.0. The van der Waals surface area contributed by atoms with Gasteiger partial charge in [-0.25, -0.2) is 0 Å². The molecular weight excluding hydrogens is 674 g/mol. The molecule has 3 fully saturated rings. The molecule has 1 saturated heterocycles. The molecule has 4 amide bonds. The van der Waals surface area contributed by atoms with Crippen LogP contribution in [0.2, 0.25) is 0 Å². The molecule has 204 valence electrons. The number of amides is 4. The van der Waals surface area contributed by atoms with E-state index in [0.29, 0.717) is 61.8 Å². The van der Waals surface area contributed by atoms with Crippen LogP contribution in [-0.2, 0) is 9.59 Å². The van der Waals surface area contributed by atoms with Crippen LogP contribution in [0.4, 0.5) is 4.79 Å². The molecule has 0 unspecified atom stereocenters. The molecular formula is C25H45I2N4O4-. The van der Waals surface area contributed by atoms with E-state index in [9.17, 15) is 19.5 Å². The first-order valence-corrected chi connectivity index (χ1v) is 21.3. The number of alkyl halides is 5. The summed E-state index contributed by atoms with van der Waals surface area (Å²) in [5.41, 5.74) is -1.34. The van der Waals surface area contributed by atoms with Crippen LogP contribution in [0.3, 0.4) is 0 Å². The fourth-order valence-corrected chi connectivity index (χ4v) is 12.1. The molecule has 1 heterocycles. The van der Waals surface area contributed by atoms with Gasteiger partial charge in [0.2, 0.25) is 0 Å². The van der Waals surface area contributed by atoms with Crippen LogP contribution in [0.1, 0.15) is 65.2 Å². The van der Waals surface area contributed by atoms with Gasteiger partial charge < -0.3 is 0 Å². The van der Waals surface area contributed by atoms with Crippen LogP contribution in [0, 0.1) is 0 Å². The average molecular weight is 719 g/mol. The van der Waals surface area contributed by atoms with Crippen molar-refractivity contribution in [3.63, 3.8) is 0 Å². The predicted molar refractivity (Wildman–Crippen MR) is 144 cm³/mol. The molecule has 2 aliphatic carbocycles. The van der Waals surface area contributed by atoms with Crippen molar-refractivity contribution in [3.05, 3.63) is 0 Å². The third-order valence-electron chi connectivity index (χ3n) is 7.61. The number of rotatable bonds is 7. The first-order valence-electron chi connectivity index (χ1n) is 13.0. The monoisotopic (exact) mass is 719 g/mol. The summed E-state index contributed by atoms with van der Waals surface area (Å²) in [7, 11) is 0. The predicted octanol–water partition coefficient (Wildman–Crippen LogP) is -0.795. The van der Waals surface area contributed by atoms with Crippen molar-refractivity contribution in [3.8, 4) is 0 Å². The van der Waals surface area contributed by atoms with Crippen molar-refractivity contribution in [1.29, 1.82) is 0 Å². The zero-order valence-electron chi connectivity index (χ0n) is 21.8. The van der Waals surface area contributed by atoms with E-state index in [-0.39, 0.29) is 23.9 Å². The second kappa shape index (κ2) is 13.4. The zero-order chi connectivity index (χ0) is 25.6. The Morgan fingerprint density at radius 3 is 1.94 bits per heavy atom. The minimum atomic E-state index is -1.42. The second-order valence-corrected chi connectivity index (χ2v) is 19.9. The molecule has 0 radical (unpaired) electrons. The fourth-order valence-electron chi connectivity index (χ4n) is 5.15. The topological polar surface area (TPSA) is 102 Å². The van der Waals surface area contributed by atoms with E-state index in [0.717, 1.165) is 42.4 Å². The Kier molecular flexibility index (Phi) is 11.2. The number of hydrogen-bond donors (Lipinski definition) is 3. The summed E-state index contributed by atoms with van der Waals surface area (Å²) in [5, 5.41) is 16.1. The third-order valence-corrected chi connectivity index (χ3v) is 16.7. The van der Waals surface area contributed by atoms with E-state index < -0.39 is 25.4 Å². The average Bonchev–Trinajstić information content (AvgIpc) is 2.84. The molecule has 0 bridgehead atoms. The summed E-state index contributed by atoms with van der Waals surface area (Å²) in [6, 6.07) is 0.497. The van der Waals surface area contributed by atoms with Crippen molar-refractivity contribution >= 4 is 37.7 Å². The number of piperazine rings is 1. The molecule has 0 atom stereocenters. The van der Waals surface area contributed by atoms with E-state index in [1.165, 1.54) is 26.7 Å². The van der Waals surface area contributed by atoms with Crippen LogP contribution in [0.25, 0.3) is 0 Å². The molecule has 0 aromatic heterocycles. The Balaban J connectivity index is 1.34. The Hall–Kier alpha value is -0.370. The van der Waals surface area contributed by atoms with Crippen molar-refractivity contribution < 1.29 is 40.7 Å². The molecule has 3 N–H and O–H groups in total. The van der Waals surface area contributed by atoms with Gasteiger partial charge in [0.15, 0.2) is 0 Å². The Labute approximate surface area is 228 Å². The van der Waals surface area contributed by atoms with Crippen LogP contribution < -0.4 is 31.8 Å². The van der Waals surface area contributed by atoms with Gasteiger partial charge in [0.05, 0.1) is 0 Å². The Bertz CT molecular complexity index is 723.